The molecule has 2 fully saturated rings. The summed E-state index contributed by atoms with van der Waals surface area (Å²) < 4.78 is 1.87. The second-order valence-electron chi connectivity index (χ2n) is 6.95. The van der Waals surface area contributed by atoms with Gasteiger partial charge < -0.3 is 15.1 Å². The summed E-state index contributed by atoms with van der Waals surface area (Å²) >= 11 is 0. The lowest BCUT2D eigenvalue weighted by molar-refractivity contribution is -0.127. The summed E-state index contributed by atoms with van der Waals surface area (Å²) in [5.41, 5.74) is 1.31. The molecule has 1 unspecified atom stereocenters. The molecule has 1 atom stereocenters. The largest absolute Gasteiger partial charge is 0.357 e. The minimum absolute atomic E-state index is 0.301. The van der Waals surface area contributed by atoms with Crippen molar-refractivity contribution in [3.63, 3.8) is 0 Å². The Morgan fingerprint density at radius 2 is 2.32 bits per heavy atom. The normalized spacial score (nSPS) is 21.4. The van der Waals surface area contributed by atoms with E-state index in [9.17, 15) is 4.79 Å². The molecule has 0 spiro atoms. The van der Waals surface area contributed by atoms with Crippen molar-refractivity contribution in [1.82, 2.24) is 24.9 Å². The number of nitrogens with one attached hydrogen (secondary N) is 1. The van der Waals surface area contributed by atoms with Gasteiger partial charge in [0.05, 0.1) is 6.20 Å². The molecule has 0 saturated carbocycles. The minimum atomic E-state index is 0.301. The molecular weight excluding hydrogens is 316 g/mol. The topological polar surface area (TPSA) is 65.8 Å². The molecule has 0 radical (unpaired) electrons. The minimum Gasteiger partial charge on any atom is -0.357 e. The standard InChI is InChI=1S/C18H30N6O/c1-3-19-18(20-8-5-10-23-9-4-6-17(23)25)24-11-7-15(14-24)16-12-21-22(2)13-16/h12-13,15H,3-11,14H2,1-2H3,(H,19,20). The second kappa shape index (κ2) is 8.36. The van der Waals surface area contributed by atoms with E-state index in [1.54, 1.807) is 0 Å². The molecule has 2 aliphatic rings. The van der Waals surface area contributed by atoms with E-state index in [1.165, 1.54) is 5.56 Å². The molecule has 7 heteroatoms. The maximum Gasteiger partial charge on any atom is 0.222 e. The van der Waals surface area contributed by atoms with Crippen LogP contribution in [0.25, 0.3) is 0 Å². The predicted molar refractivity (Wildman–Crippen MR) is 98.5 cm³/mol. The second-order valence-corrected chi connectivity index (χ2v) is 6.95. The first-order chi connectivity index (χ1) is 12.2. The number of aliphatic imine (C=N–C) groups is 1. The fraction of sp³-hybridized carbons (Fsp3) is 0.722. The summed E-state index contributed by atoms with van der Waals surface area (Å²) in [5.74, 6) is 1.83. The highest BCUT2D eigenvalue weighted by Crippen LogP contribution is 2.26. The van der Waals surface area contributed by atoms with E-state index in [0.717, 1.165) is 70.9 Å². The van der Waals surface area contributed by atoms with Gasteiger partial charge in [0, 0.05) is 64.9 Å². The summed E-state index contributed by atoms with van der Waals surface area (Å²) in [5, 5.41) is 7.71. The van der Waals surface area contributed by atoms with Crippen LogP contribution < -0.4 is 5.32 Å². The highest BCUT2D eigenvalue weighted by atomic mass is 16.2. The molecule has 1 N–H and O–H groups in total. The number of rotatable bonds is 6. The van der Waals surface area contributed by atoms with Crippen molar-refractivity contribution < 1.29 is 4.79 Å². The SMILES string of the molecule is CCNC(=NCCCN1CCCC1=O)N1CCC(c2cnn(C)c2)C1. The van der Waals surface area contributed by atoms with Crippen molar-refractivity contribution >= 4 is 11.9 Å². The number of aryl methyl sites for hydroxylation is 1. The zero-order valence-electron chi connectivity index (χ0n) is 15.4. The smallest absolute Gasteiger partial charge is 0.222 e. The zero-order chi connectivity index (χ0) is 17.6. The summed E-state index contributed by atoms with van der Waals surface area (Å²) in [4.78, 5) is 20.8. The van der Waals surface area contributed by atoms with E-state index in [4.69, 9.17) is 4.99 Å². The molecule has 25 heavy (non-hydrogen) atoms. The van der Waals surface area contributed by atoms with Crippen LogP contribution in [-0.4, -0.2) is 70.7 Å². The quantitative estimate of drug-likeness (QED) is 0.477. The molecular formula is C18H30N6O. The average molecular weight is 346 g/mol. The highest BCUT2D eigenvalue weighted by Gasteiger charge is 2.27. The fourth-order valence-corrected chi connectivity index (χ4v) is 3.69. The first-order valence-electron chi connectivity index (χ1n) is 9.47. The first-order valence-corrected chi connectivity index (χ1v) is 9.47. The third-order valence-electron chi connectivity index (χ3n) is 5.04. The molecule has 1 aromatic heterocycles. The van der Waals surface area contributed by atoms with Crippen LogP contribution in [0, 0.1) is 0 Å². The van der Waals surface area contributed by atoms with Crippen LogP contribution in [0.4, 0.5) is 0 Å². The van der Waals surface area contributed by atoms with Gasteiger partial charge in [0.1, 0.15) is 0 Å². The maximum atomic E-state index is 11.6. The molecule has 0 aromatic carbocycles. The van der Waals surface area contributed by atoms with Gasteiger partial charge in [-0.1, -0.05) is 0 Å². The van der Waals surface area contributed by atoms with E-state index in [0.29, 0.717) is 11.8 Å². The van der Waals surface area contributed by atoms with Gasteiger partial charge >= 0.3 is 0 Å². The molecule has 3 rings (SSSR count). The van der Waals surface area contributed by atoms with Crippen molar-refractivity contribution in [3.05, 3.63) is 18.0 Å². The third kappa shape index (κ3) is 4.52. The lowest BCUT2D eigenvalue weighted by Crippen LogP contribution is -2.40. The number of guanidine groups is 1. The van der Waals surface area contributed by atoms with Gasteiger partial charge in [-0.15, -0.1) is 0 Å². The monoisotopic (exact) mass is 346 g/mol. The molecule has 0 aliphatic carbocycles. The number of amides is 1. The Labute approximate surface area is 150 Å². The zero-order valence-corrected chi connectivity index (χ0v) is 15.4. The van der Waals surface area contributed by atoms with Gasteiger partial charge in [0.2, 0.25) is 5.91 Å². The molecule has 3 heterocycles. The van der Waals surface area contributed by atoms with Crippen LogP contribution in [-0.2, 0) is 11.8 Å². The van der Waals surface area contributed by atoms with E-state index < -0.39 is 0 Å². The molecule has 1 aromatic rings. The van der Waals surface area contributed by atoms with Crippen molar-refractivity contribution in [2.45, 2.75) is 38.5 Å². The number of hydrogen-bond donors (Lipinski definition) is 1. The van der Waals surface area contributed by atoms with Crippen LogP contribution in [0.3, 0.4) is 0 Å². The van der Waals surface area contributed by atoms with Gasteiger partial charge in [-0.25, -0.2) is 0 Å². The summed E-state index contributed by atoms with van der Waals surface area (Å²) in [7, 11) is 1.97. The fourth-order valence-electron chi connectivity index (χ4n) is 3.69. The van der Waals surface area contributed by atoms with Crippen LogP contribution >= 0.6 is 0 Å². The summed E-state index contributed by atoms with van der Waals surface area (Å²) in [6.07, 6.45) is 7.89. The number of carbonyl (C=O) groups is 1. The molecule has 0 bridgehead atoms. The Bertz CT molecular complexity index is 610. The van der Waals surface area contributed by atoms with Gasteiger partial charge in [0.25, 0.3) is 0 Å². The Morgan fingerprint density at radius 1 is 1.44 bits per heavy atom. The molecule has 2 saturated heterocycles. The first kappa shape index (κ1) is 17.8. The third-order valence-corrected chi connectivity index (χ3v) is 5.04. The molecule has 138 valence electrons. The summed E-state index contributed by atoms with van der Waals surface area (Å²) in [6, 6.07) is 0. The van der Waals surface area contributed by atoms with Crippen LogP contribution in [0.2, 0.25) is 0 Å². The maximum absolute atomic E-state index is 11.6. The Kier molecular flexibility index (Phi) is 5.94. The number of carbonyl (C=O) groups excluding carboxylic acids is 1. The Hall–Kier alpha value is -2.05. The van der Waals surface area contributed by atoms with Gasteiger partial charge in [-0.3, -0.25) is 14.5 Å². The molecule has 7 nitrogen and oxygen atoms in total. The van der Waals surface area contributed by atoms with E-state index in [1.807, 2.05) is 22.8 Å². The van der Waals surface area contributed by atoms with Crippen LogP contribution in [0.5, 0.6) is 0 Å². The van der Waals surface area contributed by atoms with E-state index in [2.05, 4.69) is 28.4 Å². The lowest BCUT2D eigenvalue weighted by Gasteiger charge is -2.22. The number of hydrogen-bond acceptors (Lipinski definition) is 3. The van der Waals surface area contributed by atoms with Crippen LogP contribution in [0.15, 0.2) is 17.4 Å². The van der Waals surface area contributed by atoms with Crippen molar-refractivity contribution in [3.8, 4) is 0 Å². The lowest BCUT2D eigenvalue weighted by atomic mass is 10.0. The van der Waals surface area contributed by atoms with Crippen molar-refractivity contribution in [1.29, 1.82) is 0 Å². The Balaban J connectivity index is 1.50. The Morgan fingerprint density at radius 3 is 3.00 bits per heavy atom. The molecule has 2 aliphatic heterocycles. The van der Waals surface area contributed by atoms with E-state index >= 15 is 0 Å². The summed E-state index contributed by atoms with van der Waals surface area (Å²) in [6.45, 7) is 7.50. The number of likely N-dealkylation sites (tertiary alicyclic amines) is 2. The molecule has 1 amide bonds. The van der Waals surface area contributed by atoms with Gasteiger partial charge in [0.15, 0.2) is 5.96 Å². The van der Waals surface area contributed by atoms with Crippen molar-refractivity contribution in [2.75, 3.05) is 39.3 Å². The van der Waals surface area contributed by atoms with Gasteiger partial charge in [-0.2, -0.15) is 5.10 Å². The van der Waals surface area contributed by atoms with Crippen LogP contribution in [0.1, 0.15) is 44.1 Å². The average Bonchev–Trinajstić information content (AvgIpc) is 3.32. The number of aromatic nitrogens is 2. The predicted octanol–water partition coefficient (Wildman–Crippen LogP) is 1.19. The van der Waals surface area contributed by atoms with E-state index in [-0.39, 0.29) is 0 Å². The van der Waals surface area contributed by atoms with Crippen molar-refractivity contribution in [2.24, 2.45) is 12.0 Å². The highest BCUT2D eigenvalue weighted by molar-refractivity contribution is 5.80. The van der Waals surface area contributed by atoms with Gasteiger partial charge in [-0.05, 0) is 31.7 Å². The number of nitrogens with zero attached hydrogens (tertiary/aromatic N) is 5.